The fourth-order valence-corrected chi connectivity index (χ4v) is 1.44. The van der Waals surface area contributed by atoms with E-state index in [1.807, 2.05) is 0 Å². The summed E-state index contributed by atoms with van der Waals surface area (Å²) in [7, 11) is 0. The van der Waals surface area contributed by atoms with Crippen molar-refractivity contribution < 1.29 is 0 Å². The van der Waals surface area contributed by atoms with Gasteiger partial charge in [0.05, 0.1) is 11.9 Å². The van der Waals surface area contributed by atoms with Gasteiger partial charge in [-0.1, -0.05) is 0 Å². The van der Waals surface area contributed by atoms with E-state index in [0.717, 1.165) is 5.56 Å². The minimum absolute atomic E-state index is 0.118. The molecule has 0 aliphatic heterocycles. The lowest BCUT2D eigenvalue weighted by atomic mass is 10.2. The third kappa shape index (κ3) is 1.86. The highest BCUT2D eigenvalue weighted by Crippen LogP contribution is 2.08. The number of H-pyrrole nitrogens is 1. The van der Waals surface area contributed by atoms with Gasteiger partial charge in [0.2, 0.25) is 0 Å². The molecule has 0 radical (unpaired) electrons. The SMILES string of the molecule is Cc1ccncc1-n1cc(C#N)c(=O)[nH]c1=O. The van der Waals surface area contributed by atoms with E-state index >= 15 is 0 Å². The highest BCUT2D eigenvalue weighted by atomic mass is 16.2. The van der Waals surface area contributed by atoms with Crippen molar-refractivity contribution in [3.05, 3.63) is 56.6 Å². The smallest absolute Gasteiger partial charge is 0.273 e. The molecule has 0 aromatic carbocycles. The van der Waals surface area contributed by atoms with Gasteiger partial charge >= 0.3 is 5.69 Å². The molecule has 0 unspecified atom stereocenters. The van der Waals surface area contributed by atoms with E-state index in [1.165, 1.54) is 17.0 Å². The van der Waals surface area contributed by atoms with E-state index in [9.17, 15) is 9.59 Å². The van der Waals surface area contributed by atoms with Crippen molar-refractivity contribution in [1.82, 2.24) is 14.5 Å². The molecule has 0 aliphatic rings. The van der Waals surface area contributed by atoms with Crippen molar-refractivity contribution in [3.8, 4) is 11.8 Å². The Morgan fingerprint density at radius 3 is 2.88 bits per heavy atom. The third-order valence-electron chi connectivity index (χ3n) is 2.33. The van der Waals surface area contributed by atoms with Crippen LogP contribution in [0.25, 0.3) is 5.69 Å². The fourth-order valence-electron chi connectivity index (χ4n) is 1.44. The van der Waals surface area contributed by atoms with Gasteiger partial charge in [0.25, 0.3) is 5.56 Å². The first-order chi connectivity index (χ1) is 8.13. The maximum absolute atomic E-state index is 11.6. The summed E-state index contributed by atoms with van der Waals surface area (Å²) < 4.78 is 1.20. The number of aromatic amines is 1. The predicted octanol–water partition coefficient (Wildman–Crippen LogP) is 0.101. The lowest BCUT2D eigenvalue weighted by Gasteiger charge is -2.07. The molecule has 84 valence electrons. The quantitative estimate of drug-likeness (QED) is 0.749. The molecule has 17 heavy (non-hydrogen) atoms. The van der Waals surface area contributed by atoms with Crippen LogP contribution < -0.4 is 11.2 Å². The van der Waals surface area contributed by atoms with Crippen LogP contribution in [0.3, 0.4) is 0 Å². The van der Waals surface area contributed by atoms with Crippen molar-refractivity contribution >= 4 is 0 Å². The van der Waals surface area contributed by atoms with Gasteiger partial charge in [-0.2, -0.15) is 5.26 Å². The van der Waals surface area contributed by atoms with Gasteiger partial charge in [-0.25, -0.2) is 4.79 Å². The van der Waals surface area contributed by atoms with E-state index in [1.54, 1.807) is 25.3 Å². The number of nitrogens with one attached hydrogen (secondary N) is 1. The predicted molar refractivity (Wildman–Crippen MR) is 59.9 cm³/mol. The Hall–Kier alpha value is -2.68. The molecule has 0 saturated heterocycles. The number of nitrogens with zero attached hydrogens (tertiary/aromatic N) is 3. The zero-order valence-corrected chi connectivity index (χ0v) is 8.97. The van der Waals surface area contributed by atoms with E-state index < -0.39 is 11.2 Å². The Morgan fingerprint density at radius 2 is 2.24 bits per heavy atom. The molecule has 0 bridgehead atoms. The molecule has 1 N–H and O–H groups in total. The molecular weight excluding hydrogens is 220 g/mol. The van der Waals surface area contributed by atoms with Crippen molar-refractivity contribution in [3.63, 3.8) is 0 Å². The molecular formula is C11H8N4O2. The van der Waals surface area contributed by atoms with Crippen LogP contribution in [-0.2, 0) is 0 Å². The molecule has 6 nitrogen and oxygen atoms in total. The Morgan fingerprint density at radius 1 is 1.47 bits per heavy atom. The summed E-state index contributed by atoms with van der Waals surface area (Å²) in [5, 5.41) is 8.75. The monoisotopic (exact) mass is 228 g/mol. The van der Waals surface area contributed by atoms with Crippen LogP contribution in [0.1, 0.15) is 11.1 Å². The Bertz CT molecular complexity index is 721. The van der Waals surface area contributed by atoms with Gasteiger partial charge in [-0.3, -0.25) is 19.3 Å². The molecule has 2 aromatic heterocycles. The largest absolute Gasteiger partial charge is 0.333 e. The summed E-state index contributed by atoms with van der Waals surface area (Å²) in [5.74, 6) is 0. The van der Waals surface area contributed by atoms with E-state index in [0.29, 0.717) is 5.69 Å². The van der Waals surface area contributed by atoms with E-state index in [2.05, 4.69) is 9.97 Å². The molecule has 0 spiro atoms. The van der Waals surface area contributed by atoms with Crippen LogP contribution in [0.4, 0.5) is 0 Å². The maximum atomic E-state index is 11.6. The number of aromatic nitrogens is 3. The average Bonchev–Trinajstić information content (AvgIpc) is 2.31. The number of hydrogen-bond donors (Lipinski definition) is 1. The summed E-state index contributed by atoms with van der Waals surface area (Å²) in [6.07, 6.45) is 4.31. The van der Waals surface area contributed by atoms with Crippen molar-refractivity contribution in [1.29, 1.82) is 5.26 Å². The van der Waals surface area contributed by atoms with Gasteiger partial charge < -0.3 is 0 Å². The Labute approximate surface area is 95.8 Å². The normalized spacial score (nSPS) is 9.88. The minimum atomic E-state index is -0.685. The maximum Gasteiger partial charge on any atom is 0.333 e. The highest BCUT2D eigenvalue weighted by molar-refractivity contribution is 5.38. The number of hydrogen-bond acceptors (Lipinski definition) is 4. The second kappa shape index (κ2) is 4.06. The van der Waals surface area contributed by atoms with Crippen LogP contribution in [0, 0.1) is 18.3 Å². The highest BCUT2D eigenvalue weighted by Gasteiger charge is 2.07. The molecule has 0 saturated carbocycles. The number of rotatable bonds is 1. The lowest BCUT2D eigenvalue weighted by molar-refractivity contribution is 0.877. The lowest BCUT2D eigenvalue weighted by Crippen LogP contribution is -2.30. The molecule has 0 amide bonds. The van der Waals surface area contributed by atoms with Crippen LogP contribution in [0.15, 0.2) is 34.2 Å². The molecule has 0 fully saturated rings. The van der Waals surface area contributed by atoms with Crippen molar-refractivity contribution in [2.24, 2.45) is 0 Å². The average molecular weight is 228 g/mol. The second-order valence-electron chi connectivity index (χ2n) is 3.45. The van der Waals surface area contributed by atoms with Gasteiger partial charge in [0, 0.05) is 12.4 Å². The molecule has 0 aliphatic carbocycles. The van der Waals surface area contributed by atoms with Crippen LogP contribution in [0.5, 0.6) is 0 Å². The van der Waals surface area contributed by atoms with Gasteiger partial charge in [-0.05, 0) is 18.6 Å². The number of pyridine rings is 1. The Kier molecular flexibility index (Phi) is 2.58. The Balaban J connectivity index is 2.78. The molecule has 2 heterocycles. The number of aryl methyl sites for hydroxylation is 1. The second-order valence-corrected chi connectivity index (χ2v) is 3.45. The van der Waals surface area contributed by atoms with Crippen LogP contribution in [0.2, 0.25) is 0 Å². The van der Waals surface area contributed by atoms with Gasteiger partial charge in [0.1, 0.15) is 11.6 Å². The third-order valence-corrected chi connectivity index (χ3v) is 2.33. The molecule has 0 atom stereocenters. The summed E-state index contributed by atoms with van der Waals surface area (Å²) in [6, 6.07) is 3.46. The standard InChI is InChI=1S/C11H8N4O2/c1-7-2-3-13-5-9(7)15-6-8(4-12)10(16)14-11(15)17/h2-3,5-6H,1H3,(H,14,16,17). The van der Waals surface area contributed by atoms with Gasteiger partial charge in [-0.15, -0.1) is 0 Å². The first-order valence-electron chi connectivity index (χ1n) is 4.80. The summed E-state index contributed by atoms with van der Waals surface area (Å²) in [5.41, 5.74) is -0.0449. The van der Waals surface area contributed by atoms with Gasteiger partial charge in [0.15, 0.2) is 0 Å². The molecule has 6 heteroatoms. The first kappa shape index (κ1) is 10.8. The van der Waals surface area contributed by atoms with Crippen molar-refractivity contribution in [2.75, 3.05) is 0 Å². The number of nitriles is 1. The zero-order valence-electron chi connectivity index (χ0n) is 8.97. The minimum Gasteiger partial charge on any atom is -0.273 e. The summed E-state index contributed by atoms with van der Waals surface area (Å²) >= 11 is 0. The fraction of sp³-hybridized carbons (Fsp3) is 0.0909. The molecule has 2 aromatic rings. The van der Waals surface area contributed by atoms with E-state index in [4.69, 9.17) is 5.26 Å². The van der Waals surface area contributed by atoms with Crippen LogP contribution in [-0.4, -0.2) is 14.5 Å². The zero-order chi connectivity index (χ0) is 12.4. The van der Waals surface area contributed by atoms with E-state index in [-0.39, 0.29) is 5.56 Å². The first-order valence-corrected chi connectivity index (χ1v) is 4.80. The molecule has 2 rings (SSSR count). The summed E-state index contributed by atoms with van der Waals surface area (Å²) in [4.78, 5) is 28.9. The van der Waals surface area contributed by atoms with Crippen LogP contribution >= 0.6 is 0 Å². The topological polar surface area (TPSA) is 91.5 Å². The summed E-state index contributed by atoms with van der Waals surface area (Å²) in [6.45, 7) is 1.81. The van der Waals surface area contributed by atoms with Crippen molar-refractivity contribution in [2.45, 2.75) is 6.92 Å².